The molecule has 0 bridgehead atoms. The van der Waals surface area contributed by atoms with E-state index < -0.39 is 11.6 Å². The second kappa shape index (κ2) is 5.51. The van der Waals surface area contributed by atoms with Crippen LogP contribution in [-0.4, -0.2) is 32.5 Å². The Labute approximate surface area is 169 Å². The first-order valence-corrected chi connectivity index (χ1v) is 9.54. The second-order valence-corrected chi connectivity index (χ2v) is 7.62. The number of aliphatic hydroxyl groups is 1. The van der Waals surface area contributed by atoms with E-state index in [0.29, 0.717) is 28.0 Å². The first-order chi connectivity index (χ1) is 14.4. The van der Waals surface area contributed by atoms with Crippen LogP contribution in [0.3, 0.4) is 0 Å². The van der Waals surface area contributed by atoms with Crippen molar-refractivity contribution in [1.82, 2.24) is 9.55 Å². The Morgan fingerprint density at radius 1 is 1.20 bits per heavy atom. The summed E-state index contributed by atoms with van der Waals surface area (Å²) in [4.78, 5) is 30.1. The van der Waals surface area contributed by atoms with E-state index in [1.165, 1.54) is 0 Å². The SMILES string of the molecule is CC[C@@]1(O)C(=O)OCc2c1cc1n(c2=O)Cc2cc3c(O)c4c(cc3nc2-1)OCO4. The minimum atomic E-state index is -1.87. The number of ether oxygens (including phenoxy) is 3. The fraction of sp³-hybridized carbons (Fsp3) is 0.286. The second-order valence-electron chi connectivity index (χ2n) is 7.62. The van der Waals surface area contributed by atoms with Gasteiger partial charge in [-0.3, -0.25) is 4.79 Å². The smallest absolute Gasteiger partial charge is 0.343 e. The monoisotopic (exact) mass is 408 g/mol. The lowest BCUT2D eigenvalue weighted by Gasteiger charge is -2.31. The molecule has 30 heavy (non-hydrogen) atoms. The zero-order valence-corrected chi connectivity index (χ0v) is 15.9. The van der Waals surface area contributed by atoms with E-state index in [1.54, 1.807) is 29.7 Å². The minimum Gasteiger partial charge on any atom is -0.504 e. The van der Waals surface area contributed by atoms with Crippen LogP contribution in [0.5, 0.6) is 17.2 Å². The van der Waals surface area contributed by atoms with Crippen LogP contribution in [0.25, 0.3) is 22.3 Å². The standard InChI is InChI=1S/C21H16N2O7/c1-2-21(27)12-4-14-16-9(6-23(14)19(25)11(12)7-28-20(21)26)3-10-13(22-16)5-15-18(17(10)24)30-8-29-15/h3-5,24,27H,2,6-8H2,1H3/t21-/m0/s1. The third kappa shape index (κ3) is 1.97. The molecule has 0 saturated heterocycles. The van der Waals surface area contributed by atoms with Crippen LogP contribution in [0, 0.1) is 0 Å². The largest absolute Gasteiger partial charge is 0.504 e. The van der Waals surface area contributed by atoms with Crippen molar-refractivity contribution in [3.05, 3.63) is 45.2 Å². The molecule has 0 saturated carbocycles. The van der Waals surface area contributed by atoms with E-state index in [-0.39, 0.29) is 54.6 Å². The fourth-order valence-corrected chi connectivity index (χ4v) is 4.46. The van der Waals surface area contributed by atoms with Gasteiger partial charge < -0.3 is 29.0 Å². The molecule has 3 aromatic rings. The summed E-state index contributed by atoms with van der Waals surface area (Å²) in [6.07, 6.45) is 0.0804. The van der Waals surface area contributed by atoms with Crippen molar-refractivity contribution >= 4 is 16.9 Å². The summed E-state index contributed by atoms with van der Waals surface area (Å²) in [5.41, 5.74) is 0.619. The van der Waals surface area contributed by atoms with E-state index in [2.05, 4.69) is 4.98 Å². The Balaban J connectivity index is 1.62. The molecule has 1 aromatic carbocycles. The number of hydrogen-bond donors (Lipinski definition) is 2. The number of pyridine rings is 2. The molecule has 0 spiro atoms. The molecule has 3 aliphatic rings. The summed E-state index contributed by atoms with van der Waals surface area (Å²) in [5, 5.41) is 22.0. The molecule has 0 fully saturated rings. The Morgan fingerprint density at radius 3 is 2.83 bits per heavy atom. The number of phenols is 1. The van der Waals surface area contributed by atoms with E-state index in [0.717, 1.165) is 5.56 Å². The minimum absolute atomic E-state index is 0.0228. The first kappa shape index (κ1) is 17.3. The van der Waals surface area contributed by atoms with Crippen LogP contribution in [0.15, 0.2) is 23.0 Å². The number of benzene rings is 1. The van der Waals surface area contributed by atoms with Crippen molar-refractivity contribution in [2.75, 3.05) is 6.79 Å². The molecule has 0 amide bonds. The van der Waals surface area contributed by atoms with Crippen molar-refractivity contribution in [2.24, 2.45) is 0 Å². The highest BCUT2D eigenvalue weighted by atomic mass is 16.7. The Hall–Kier alpha value is -3.59. The topological polar surface area (TPSA) is 120 Å². The molecule has 2 aromatic heterocycles. The maximum absolute atomic E-state index is 13.2. The van der Waals surface area contributed by atoms with Gasteiger partial charge in [0, 0.05) is 22.6 Å². The number of rotatable bonds is 1. The molecule has 152 valence electrons. The third-order valence-corrected chi connectivity index (χ3v) is 6.12. The van der Waals surface area contributed by atoms with Gasteiger partial charge in [-0.15, -0.1) is 0 Å². The average molecular weight is 408 g/mol. The van der Waals surface area contributed by atoms with Crippen molar-refractivity contribution in [1.29, 1.82) is 0 Å². The van der Waals surface area contributed by atoms with Gasteiger partial charge in [0.1, 0.15) is 6.61 Å². The van der Waals surface area contributed by atoms with Crippen molar-refractivity contribution < 1.29 is 29.2 Å². The summed E-state index contributed by atoms with van der Waals surface area (Å²) >= 11 is 0. The zero-order valence-electron chi connectivity index (χ0n) is 15.9. The number of fused-ring (bicyclic) bond motifs is 6. The Morgan fingerprint density at radius 2 is 2.03 bits per heavy atom. The van der Waals surface area contributed by atoms with Crippen LogP contribution in [0.2, 0.25) is 0 Å². The van der Waals surface area contributed by atoms with Gasteiger partial charge in [-0.1, -0.05) is 6.92 Å². The maximum Gasteiger partial charge on any atom is 0.343 e. The molecule has 6 rings (SSSR count). The quantitative estimate of drug-likeness (QED) is 0.455. The fourth-order valence-electron chi connectivity index (χ4n) is 4.46. The molecule has 5 heterocycles. The lowest BCUT2D eigenvalue weighted by Crippen LogP contribution is -2.44. The van der Waals surface area contributed by atoms with Gasteiger partial charge in [-0.25, -0.2) is 9.78 Å². The number of aromatic nitrogens is 2. The zero-order chi connectivity index (χ0) is 20.8. The number of phenolic OH excluding ortho intramolecular Hbond substituents is 1. The van der Waals surface area contributed by atoms with E-state index in [9.17, 15) is 19.8 Å². The number of esters is 1. The number of hydrogen-bond acceptors (Lipinski definition) is 8. The lowest BCUT2D eigenvalue weighted by molar-refractivity contribution is -0.172. The molecule has 1 atom stereocenters. The predicted octanol–water partition coefficient (Wildman–Crippen LogP) is 1.51. The molecule has 2 N–H and O–H groups in total. The molecule has 0 unspecified atom stereocenters. The van der Waals surface area contributed by atoms with Crippen molar-refractivity contribution in [3.63, 3.8) is 0 Å². The van der Waals surface area contributed by atoms with Crippen LogP contribution in [-0.2, 0) is 28.3 Å². The number of aromatic hydroxyl groups is 1. The van der Waals surface area contributed by atoms with Gasteiger partial charge in [0.05, 0.1) is 29.0 Å². The summed E-state index contributed by atoms with van der Waals surface area (Å²) in [6.45, 7) is 1.76. The van der Waals surface area contributed by atoms with Crippen molar-refractivity contribution in [3.8, 4) is 28.6 Å². The van der Waals surface area contributed by atoms with Crippen molar-refractivity contribution in [2.45, 2.75) is 32.1 Å². The van der Waals surface area contributed by atoms with Crippen LogP contribution >= 0.6 is 0 Å². The summed E-state index contributed by atoms with van der Waals surface area (Å²) in [5.74, 6) is -0.145. The molecular formula is C21H16N2O7. The molecule has 9 heteroatoms. The maximum atomic E-state index is 13.2. The van der Waals surface area contributed by atoms with E-state index in [4.69, 9.17) is 14.2 Å². The lowest BCUT2D eigenvalue weighted by atomic mass is 9.86. The van der Waals surface area contributed by atoms with Crippen LogP contribution in [0.4, 0.5) is 0 Å². The van der Waals surface area contributed by atoms with Crippen LogP contribution < -0.4 is 15.0 Å². The van der Waals surface area contributed by atoms with Gasteiger partial charge in [0.15, 0.2) is 17.1 Å². The third-order valence-electron chi connectivity index (χ3n) is 6.12. The highest BCUT2D eigenvalue weighted by Gasteiger charge is 2.45. The van der Waals surface area contributed by atoms with Gasteiger partial charge >= 0.3 is 5.97 Å². The Kier molecular flexibility index (Phi) is 3.18. The first-order valence-electron chi connectivity index (χ1n) is 9.54. The number of cyclic esters (lactones) is 1. The normalized spacial score (nSPS) is 20.7. The molecule has 9 nitrogen and oxygen atoms in total. The summed E-state index contributed by atoms with van der Waals surface area (Å²) in [6, 6.07) is 5.10. The number of nitrogens with zero attached hydrogens (tertiary/aromatic N) is 2. The predicted molar refractivity (Wildman–Crippen MR) is 102 cm³/mol. The molecule has 0 radical (unpaired) electrons. The van der Waals surface area contributed by atoms with Gasteiger partial charge in [-0.05, 0) is 18.6 Å². The van der Waals surface area contributed by atoms with Gasteiger partial charge in [0.25, 0.3) is 5.56 Å². The van der Waals surface area contributed by atoms with Gasteiger partial charge in [0.2, 0.25) is 12.5 Å². The van der Waals surface area contributed by atoms with Crippen LogP contribution in [0.1, 0.15) is 30.0 Å². The summed E-state index contributed by atoms with van der Waals surface area (Å²) < 4.78 is 17.3. The number of carbonyl (C=O) groups is 1. The molecule has 3 aliphatic heterocycles. The van der Waals surface area contributed by atoms with E-state index >= 15 is 0 Å². The highest BCUT2D eigenvalue weighted by Crippen LogP contribution is 2.47. The summed E-state index contributed by atoms with van der Waals surface area (Å²) in [7, 11) is 0. The molecular weight excluding hydrogens is 392 g/mol. The molecule has 0 aliphatic carbocycles. The highest BCUT2D eigenvalue weighted by molar-refractivity contribution is 5.93. The van der Waals surface area contributed by atoms with E-state index in [1.807, 2.05) is 0 Å². The number of carbonyl (C=O) groups excluding carboxylic acids is 1. The van der Waals surface area contributed by atoms with Gasteiger partial charge in [-0.2, -0.15) is 0 Å². The Bertz CT molecular complexity index is 1360. The average Bonchev–Trinajstić information content (AvgIpc) is 3.35.